The van der Waals surface area contributed by atoms with Crippen molar-refractivity contribution in [2.24, 2.45) is 0 Å². The van der Waals surface area contributed by atoms with Gasteiger partial charge in [-0.25, -0.2) is 4.98 Å². The number of fused-ring (bicyclic) bond motifs is 1. The average molecular weight is 272 g/mol. The van der Waals surface area contributed by atoms with Crippen LogP contribution in [0.15, 0.2) is 41.7 Å². The maximum Gasteiger partial charge on any atom is 0.253 e. The second-order valence-corrected chi connectivity index (χ2v) is 4.65. The van der Waals surface area contributed by atoms with Gasteiger partial charge < -0.3 is 4.74 Å². The standard InChI is InChI=1S/C13H12N4OS/c1-18-10-5-3-4-9(8-10)11-6-7-14-12-15-13(19-2)16-17(11)12/h3-8H,1-2H3. The van der Waals surface area contributed by atoms with Crippen molar-refractivity contribution in [2.45, 2.75) is 5.16 Å². The summed E-state index contributed by atoms with van der Waals surface area (Å²) < 4.78 is 7.00. The summed E-state index contributed by atoms with van der Waals surface area (Å²) in [5, 5.41) is 5.14. The summed E-state index contributed by atoms with van der Waals surface area (Å²) in [7, 11) is 1.66. The van der Waals surface area contributed by atoms with Crippen LogP contribution in [0, 0.1) is 0 Å². The Bertz CT molecular complexity index is 725. The fraction of sp³-hybridized carbons (Fsp3) is 0.154. The molecule has 3 aromatic rings. The van der Waals surface area contributed by atoms with Gasteiger partial charge in [0.05, 0.1) is 12.8 Å². The number of rotatable bonds is 3. The topological polar surface area (TPSA) is 52.3 Å². The monoisotopic (exact) mass is 272 g/mol. The van der Waals surface area contributed by atoms with Crippen molar-refractivity contribution in [3.63, 3.8) is 0 Å². The van der Waals surface area contributed by atoms with Gasteiger partial charge in [0.1, 0.15) is 5.75 Å². The molecule has 0 spiro atoms. The molecule has 5 nitrogen and oxygen atoms in total. The van der Waals surface area contributed by atoms with Gasteiger partial charge in [-0.3, -0.25) is 0 Å². The highest BCUT2D eigenvalue weighted by molar-refractivity contribution is 7.98. The normalized spacial score (nSPS) is 10.8. The van der Waals surface area contributed by atoms with E-state index >= 15 is 0 Å². The molecule has 0 saturated heterocycles. The van der Waals surface area contributed by atoms with Crippen molar-refractivity contribution in [1.82, 2.24) is 19.6 Å². The molecule has 1 aromatic carbocycles. The fourth-order valence-corrected chi connectivity index (χ4v) is 2.20. The van der Waals surface area contributed by atoms with E-state index in [4.69, 9.17) is 4.74 Å². The Hall–Kier alpha value is -2.08. The van der Waals surface area contributed by atoms with Gasteiger partial charge in [0, 0.05) is 11.8 Å². The minimum atomic E-state index is 0.602. The first-order valence-corrected chi connectivity index (χ1v) is 6.94. The molecule has 0 fully saturated rings. The van der Waals surface area contributed by atoms with Crippen molar-refractivity contribution in [1.29, 1.82) is 0 Å². The van der Waals surface area contributed by atoms with Crippen molar-refractivity contribution in [2.75, 3.05) is 13.4 Å². The molecule has 0 saturated carbocycles. The number of aromatic nitrogens is 4. The van der Waals surface area contributed by atoms with Gasteiger partial charge in [-0.15, -0.1) is 5.10 Å². The quantitative estimate of drug-likeness (QED) is 0.686. The molecule has 2 heterocycles. The van der Waals surface area contributed by atoms with Crippen LogP contribution in [0.4, 0.5) is 0 Å². The molecule has 0 N–H and O–H groups in total. The number of nitrogens with zero attached hydrogens (tertiary/aromatic N) is 4. The molecule has 0 bridgehead atoms. The predicted molar refractivity (Wildman–Crippen MR) is 74.6 cm³/mol. The lowest BCUT2D eigenvalue weighted by molar-refractivity contribution is 0.415. The minimum absolute atomic E-state index is 0.602. The Labute approximate surface area is 114 Å². The third kappa shape index (κ3) is 2.15. The van der Waals surface area contributed by atoms with Gasteiger partial charge in [-0.1, -0.05) is 23.9 Å². The van der Waals surface area contributed by atoms with E-state index in [0.29, 0.717) is 10.9 Å². The highest BCUT2D eigenvalue weighted by Crippen LogP contribution is 2.24. The van der Waals surface area contributed by atoms with E-state index in [9.17, 15) is 0 Å². The summed E-state index contributed by atoms with van der Waals surface area (Å²) in [6.45, 7) is 0. The van der Waals surface area contributed by atoms with E-state index in [0.717, 1.165) is 17.0 Å². The van der Waals surface area contributed by atoms with E-state index in [1.165, 1.54) is 11.8 Å². The molecule has 0 amide bonds. The molecule has 0 atom stereocenters. The molecule has 3 rings (SSSR count). The molecule has 2 aromatic heterocycles. The summed E-state index contributed by atoms with van der Waals surface area (Å²) >= 11 is 1.50. The Morgan fingerprint density at radius 2 is 2.16 bits per heavy atom. The molecule has 0 aliphatic heterocycles. The van der Waals surface area contributed by atoms with Crippen LogP contribution in [0.1, 0.15) is 0 Å². The van der Waals surface area contributed by atoms with E-state index in [1.807, 2.05) is 36.6 Å². The van der Waals surface area contributed by atoms with E-state index in [1.54, 1.807) is 17.8 Å². The highest BCUT2D eigenvalue weighted by Gasteiger charge is 2.09. The van der Waals surface area contributed by atoms with Crippen molar-refractivity contribution < 1.29 is 4.74 Å². The Morgan fingerprint density at radius 3 is 2.95 bits per heavy atom. The molecule has 0 unspecified atom stereocenters. The summed E-state index contributed by atoms with van der Waals surface area (Å²) in [6.07, 6.45) is 3.68. The Balaban J connectivity index is 2.20. The molecular weight excluding hydrogens is 260 g/mol. The minimum Gasteiger partial charge on any atom is -0.497 e. The number of benzene rings is 1. The molecule has 19 heavy (non-hydrogen) atoms. The first-order valence-electron chi connectivity index (χ1n) is 5.72. The lowest BCUT2D eigenvalue weighted by atomic mass is 10.1. The lowest BCUT2D eigenvalue weighted by Crippen LogP contribution is -1.96. The zero-order valence-corrected chi connectivity index (χ0v) is 11.4. The van der Waals surface area contributed by atoms with Crippen LogP contribution in [0.2, 0.25) is 0 Å². The van der Waals surface area contributed by atoms with E-state index in [-0.39, 0.29) is 0 Å². The summed E-state index contributed by atoms with van der Waals surface area (Å²) in [5.41, 5.74) is 1.96. The van der Waals surface area contributed by atoms with E-state index < -0.39 is 0 Å². The second kappa shape index (κ2) is 4.89. The molecule has 6 heteroatoms. The first kappa shape index (κ1) is 12.0. The summed E-state index contributed by atoms with van der Waals surface area (Å²) in [5.74, 6) is 1.41. The van der Waals surface area contributed by atoms with Crippen molar-refractivity contribution >= 4 is 17.5 Å². The molecule has 0 radical (unpaired) electrons. The molecule has 0 aliphatic rings. The maximum absolute atomic E-state index is 5.25. The van der Waals surface area contributed by atoms with Crippen LogP contribution in [-0.4, -0.2) is 32.9 Å². The van der Waals surface area contributed by atoms with Gasteiger partial charge >= 0.3 is 0 Å². The third-order valence-corrected chi connectivity index (χ3v) is 3.31. The zero-order valence-electron chi connectivity index (χ0n) is 10.6. The van der Waals surface area contributed by atoms with Crippen molar-refractivity contribution in [3.8, 4) is 17.0 Å². The van der Waals surface area contributed by atoms with Crippen LogP contribution in [0.5, 0.6) is 5.75 Å². The Morgan fingerprint density at radius 1 is 1.26 bits per heavy atom. The summed E-state index contributed by atoms with van der Waals surface area (Å²) in [6, 6.07) is 9.76. The van der Waals surface area contributed by atoms with Crippen LogP contribution in [-0.2, 0) is 0 Å². The highest BCUT2D eigenvalue weighted by atomic mass is 32.2. The van der Waals surface area contributed by atoms with Crippen LogP contribution in [0.3, 0.4) is 0 Å². The van der Waals surface area contributed by atoms with Crippen molar-refractivity contribution in [3.05, 3.63) is 36.5 Å². The fourth-order valence-electron chi connectivity index (χ4n) is 1.86. The van der Waals surface area contributed by atoms with Gasteiger partial charge in [-0.2, -0.15) is 9.50 Å². The largest absolute Gasteiger partial charge is 0.497 e. The second-order valence-electron chi connectivity index (χ2n) is 3.87. The lowest BCUT2D eigenvalue weighted by Gasteiger charge is -2.05. The van der Waals surface area contributed by atoms with Gasteiger partial charge in [-0.05, 0) is 24.5 Å². The Kier molecular flexibility index (Phi) is 3.08. The third-order valence-electron chi connectivity index (χ3n) is 2.77. The van der Waals surface area contributed by atoms with Crippen LogP contribution < -0.4 is 4.74 Å². The van der Waals surface area contributed by atoms with E-state index in [2.05, 4.69) is 15.1 Å². The van der Waals surface area contributed by atoms with Gasteiger partial charge in [0.15, 0.2) is 0 Å². The number of hydrogen-bond acceptors (Lipinski definition) is 5. The zero-order chi connectivity index (χ0) is 13.2. The first-order chi connectivity index (χ1) is 9.31. The number of hydrogen-bond donors (Lipinski definition) is 0. The molecule has 0 aliphatic carbocycles. The molecular formula is C13H12N4OS. The van der Waals surface area contributed by atoms with Gasteiger partial charge in [0.25, 0.3) is 5.78 Å². The predicted octanol–water partition coefficient (Wildman–Crippen LogP) is 2.52. The van der Waals surface area contributed by atoms with Crippen LogP contribution in [0.25, 0.3) is 17.0 Å². The SMILES string of the molecule is COc1cccc(-c2ccnc3nc(SC)nn23)c1. The number of ether oxygens (including phenoxy) is 1. The summed E-state index contributed by atoms with van der Waals surface area (Å²) in [4.78, 5) is 8.56. The number of methoxy groups -OCH3 is 1. The average Bonchev–Trinajstić information content (AvgIpc) is 2.90. The number of thioether (sulfide) groups is 1. The van der Waals surface area contributed by atoms with Gasteiger partial charge in [0.2, 0.25) is 5.16 Å². The smallest absolute Gasteiger partial charge is 0.253 e. The maximum atomic E-state index is 5.25. The molecule has 96 valence electrons. The van der Waals surface area contributed by atoms with Crippen LogP contribution >= 0.6 is 11.8 Å².